The number of nitrogens with one attached hydrogen (secondary N) is 2. The van der Waals surface area contributed by atoms with E-state index < -0.39 is 0 Å². The zero-order valence-corrected chi connectivity index (χ0v) is 19.1. The van der Waals surface area contributed by atoms with Crippen molar-refractivity contribution in [3.05, 3.63) is 94.9 Å². The number of nitrogens with zero attached hydrogens (tertiary/aromatic N) is 2. The zero-order chi connectivity index (χ0) is 21.8. The molecule has 2 aromatic heterocycles. The van der Waals surface area contributed by atoms with Crippen LogP contribution in [-0.2, 0) is 13.0 Å². The molecule has 4 aromatic rings. The number of aryl methyl sites for hydroxylation is 3. The van der Waals surface area contributed by atoms with Crippen molar-refractivity contribution in [1.82, 2.24) is 14.9 Å². The van der Waals surface area contributed by atoms with Crippen LogP contribution in [0.4, 0.5) is 5.69 Å². The minimum absolute atomic E-state index is 0.666. The summed E-state index contributed by atoms with van der Waals surface area (Å²) in [4.78, 5) is 10.2. The Morgan fingerprint density at radius 3 is 2.61 bits per heavy atom. The van der Waals surface area contributed by atoms with Crippen LogP contribution in [0.25, 0.3) is 10.9 Å². The van der Waals surface area contributed by atoms with Crippen molar-refractivity contribution in [3.63, 3.8) is 0 Å². The van der Waals surface area contributed by atoms with Gasteiger partial charge in [0.05, 0.1) is 12.2 Å². The Hall–Kier alpha value is -3.18. The van der Waals surface area contributed by atoms with Crippen molar-refractivity contribution >= 4 is 33.9 Å². The molecule has 5 heteroatoms. The Kier molecular flexibility index (Phi) is 6.33. The van der Waals surface area contributed by atoms with Crippen LogP contribution in [0.1, 0.15) is 28.1 Å². The molecule has 0 spiro atoms. The van der Waals surface area contributed by atoms with Gasteiger partial charge in [0.15, 0.2) is 5.11 Å². The minimum Gasteiger partial charge on any atom is -0.358 e. The van der Waals surface area contributed by atoms with Crippen molar-refractivity contribution in [3.8, 4) is 0 Å². The molecule has 0 aliphatic carbocycles. The number of thiocarbonyl (C=S) groups is 1. The zero-order valence-electron chi connectivity index (χ0n) is 18.3. The number of hydrogen-bond donors (Lipinski definition) is 2. The highest BCUT2D eigenvalue weighted by Crippen LogP contribution is 2.24. The van der Waals surface area contributed by atoms with E-state index in [-0.39, 0.29) is 0 Å². The topological polar surface area (TPSA) is 44.0 Å². The van der Waals surface area contributed by atoms with E-state index in [0.717, 1.165) is 24.3 Å². The van der Waals surface area contributed by atoms with E-state index in [0.29, 0.717) is 11.7 Å². The number of pyridine rings is 1. The first-order chi connectivity index (χ1) is 15.0. The van der Waals surface area contributed by atoms with E-state index >= 15 is 0 Å². The largest absolute Gasteiger partial charge is 0.358 e. The SMILES string of the molecule is Cc1ccc2[nH]c(C)c(CCN(Cc3ccccn3)C(=S)Nc3ccccc3C)c2c1. The van der Waals surface area contributed by atoms with Gasteiger partial charge in [0.1, 0.15) is 0 Å². The minimum atomic E-state index is 0.666. The van der Waals surface area contributed by atoms with Crippen LogP contribution < -0.4 is 5.32 Å². The Bertz CT molecular complexity index is 1200. The van der Waals surface area contributed by atoms with E-state index in [9.17, 15) is 0 Å². The maximum atomic E-state index is 5.84. The van der Waals surface area contributed by atoms with Gasteiger partial charge in [-0.05, 0) is 80.9 Å². The Morgan fingerprint density at radius 2 is 1.84 bits per heavy atom. The molecule has 0 unspecified atom stereocenters. The average molecular weight is 429 g/mol. The molecule has 31 heavy (non-hydrogen) atoms. The summed E-state index contributed by atoms with van der Waals surface area (Å²) >= 11 is 5.84. The third-order valence-electron chi connectivity index (χ3n) is 5.66. The van der Waals surface area contributed by atoms with Gasteiger partial charge in [0.2, 0.25) is 0 Å². The summed E-state index contributed by atoms with van der Waals surface area (Å²) in [7, 11) is 0. The smallest absolute Gasteiger partial charge is 0.173 e. The molecule has 158 valence electrons. The third-order valence-corrected chi connectivity index (χ3v) is 6.02. The Balaban J connectivity index is 1.57. The fraction of sp³-hybridized carbons (Fsp3) is 0.231. The number of fused-ring (bicyclic) bond motifs is 1. The van der Waals surface area contributed by atoms with Crippen LogP contribution in [-0.4, -0.2) is 26.5 Å². The Labute approximate surface area is 189 Å². The summed E-state index contributed by atoms with van der Waals surface area (Å²) in [6, 6.07) is 20.8. The molecule has 4 nitrogen and oxygen atoms in total. The van der Waals surface area contributed by atoms with Gasteiger partial charge >= 0.3 is 0 Å². The summed E-state index contributed by atoms with van der Waals surface area (Å²) in [5, 5.41) is 5.46. The molecule has 4 rings (SSSR count). The lowest BCUT2D eigenvalue weighted by molar-refractivity contribution is 0.417. The van der Waals surface area contributed by atoms with Gasteiger partial charge in [0, 0.05) is 35.0 Å². The van der Waals surface area contributed by atoms with E-state index in [1.165, 1.54) is 33.3 Å². The second kappa shape index (κ2) is 9.31. The highest BCUT2D eigenvalue weighted by atomic mass is 32.1. The molecule has 0 amide bonds. The average Bonchev–Trinajstić information content (AvgIpc) is 3.07. The number of aromatic amines is 1. The highest BCUT2D eigenvalue weighted by molar-refractivity contribution is 7.80. The van der Waals surface area contributed by atoms with Gasteiger partial charge in [-0.15, -0.1) is 0 Å². The van der Waals surface area contributed by atoms with Crippen molar-refractivity contribution in [1.29, 1.82) is 0 Å². The first-order valence-corrected chi connectivity index (χ1v) is 11.0. The lowest BCUT2D eigenvalue weighted by Gasteiger charge is -2.26. The normalized spacial score (nSPS) is 10.9. The second-order valence-electron chi connectivity index (χ2n) is 8.02. The monoisotopic (exact) mass is 428 g/mol. The van der Waals surface area contributed by atoms with Crippen molar-refractivity contribution in [2.24, 2.45) is 0 Å². The van der Waals surface area contributed by atoms with Crippen molar-refractivity contribution in [2.75, 3.05) is 11.9 Å². The molecule has 0 bridgehead atoms. The molecule has 2 N–H and O–H groups in total. The summed E-state index contributed by atoms with van der Waals surface area (Å²) in [5.41, 5.74) is 8.25. The number of anilines is 1. The standard InChI is InChI=1S/C26H28N4S/c1-18-11-12-25-23(16-18)22(20(3)28-25)13-15-30(17-21-9-6-7-14-27-21)26(31)29-24-10-5-4-8-19(24)2/h4-12,14,16,28H,13,15,17H2,1-3H3,(H,29,31). The molecule has 0 aliphatic heterocycles. The molecule has 0 atom stereocenters. The number of aromatic nitrogens is 2. The number of benzene rings is 2. The maximum Gasteiger partial charge on any atom is 0.173 e. The van der Waals surface area contributed by atoms with E-state index in [4.69, 9.17) is 12.2 Å². The van der Waals surface area contributed by atoms with E-state index in [1.807, 2.05) is 36.5 Å². The quantitative estimate of drug-likeness (QED) is 0.374. The van der Waals surface area contributed by atoms with Crippen LogP contribution in [0.2, 0.25) is 0 Å². The number of hydrogen-bond acceptors (Lipinski definition) is 2. The second-order valence-corrected chi connectivity index (χ2v) is 8.40. The summed E-state index contributed by atoms with van der Waals surface area (Å²) < 4.78 is 0. The van der Waals surface area contributed by atoms with Gasteiger partial charge in [-0.25, -0.2) is 0 Å². The molecular weight excluding hydrogens is 400 g/mol. The lowest BCUT2D eigenvalue weighted by atomic mass is 10.1. The third kappa shape index (κ3) is 4.94. The van der Waals surface area contributed by atoms with Gasteiger partial charge in [0.25, 0.3) is 0 Å². The molecule has 0 aliphatic rings. The van der Waals surface area contributed by atoms with E-state index in [1.54, 1.807) is 0 Å². The fourth-order valence-corrected chi connectivity index (χ4v) is 4.18. The fourth-order valence-electron chi connectivity index (χ4n) is 3.91. The number of rotatable bonds is 6. The lowest BCUT2D eigenvalue weighted by Crippen LogP contribution is -2.36. The van der Waals surface area contributed by atoms with Crippen LogP contribution in [0.3, 0.4) is 0 Å². The van der Waals surface area contributed by atoms with Crippen LogP contribution in [0, 0.1) is 20.8 Å². The molecule has 0 saturated carbocycles. The molecule has 0 saturated heterocycles. The summed E-state index contributed by atoms with van der Waals surface area (Å²) in [6.45, 7) is 7.85. The first-order valence-electron chi connectivity index (χ1n) is 10.6. The first kappa shape index (κ1) is 21.1. The van der Waals surface area contributed by atoms with Gasteiger partial charge in [-0.1, -0.05) is 35.9 Å². The summed E-state index contributed by atoms with van der Waals surface area (Å²) in [5.74, 6) is 0. The van der Waals surface area contributed by atoms with Gasteiger partial charge in [-0.3, -0.25) is 4.98 Å². The molecule has 0 fully saturated rings. The molecule has 2 heterocycles. The van der Waals surface area contributed by atoms with Crippen LogP contribution in [0.5, 0.6) is 0 Å². The number of para-hydroxylation sites is 1. The van der Waals surface area contributed by atoms with Crippen molar-refractivity contribution in [2.45, 2.75) is 33.7 Å². The predicted molar refractivity (Wildman–Crippen MR) is 134 cm³/mol. The highest BCUT2D eigenvalue weighted by Gasteiger charge is 2.15. The molecule has 0 radical (unpaired) electrons. The van der Waals surface area contributed by atoms with Crippen LogP contribution in [0.15, 0.2) is 66.9 Å². The predicted octanol–water partition coefficient (Wildman–Crippen LogP) is 5.93. The Morgan fingerprint density at radius 1 is 1.03 bits per heavy atom. The number of H-pyrrole nitrogens is 1. The maximum absolute atomic E-state index is 5.84. The van der Waals surface area contributed by atoms with Crippen LogP contribution >= 0.6 is 12.2 Å². The van der Waals surface area contributed by atoms with E-state index in [2.05, 4.69) is 71.3 Å². The van der Waals surface area contributed by atoms with Gasteiger partial charge in [-0.2, -0.15) is 0 Å². The van der Waals surface area contributed by atoms with Crippen molar-refractivity contribution < 1.29 is 0 Å². The van der Waals surface area contributed by atoms with Gasteiger partial charge < -0.3 is 15.2 Å². The molecule has 2 aromatic carbocycles. The molecular formula is C26H28N4S. The summed E-state index contributed by atoms with van der Waals surface area (Å²) in [6.07, 6.45) is 2.73.